The maximum atomic E-state index is 13.1. The Morgan fingerprint density at radius 1 is 1.19 bits per heavy atom. The van der Waals surface area contributed by atoms with Crippen molar-refractivity contribution in [1.29, 1.82) is 0 Å². The molecule has 27 heavy (non-hydrogen) atoms. The summed E-state index contributed by atoms with van der Waals surface area (Å²) >= 11 is 0. The molecule has 1 atom stereocenters. The van der Waals surface area contributed by atoms with Gasteiger partial charge in [-0.1, -0.05) is 24.3 Å². The van der Waals surface area contributed by atoms with Crippen LogP contribution in [0.25, 0.3) is 0 Å². The van der Waals surface area contributed by atoms with E-state index in [2.05, 4.69) is 5.10 Å². The van der Waals surface area contributed by atoms with E-state index in [0.717, 1.165) is 16.9 Å². The average Bonchev–Trinajstić information content (AvgIpc) is 3.22. The largest absolute Gasteiger partial charge is 0.497 e. The van der Waals surface area contributed by atoms with E-state index in [1.807, 2.05) is 84.2 Å². The normalized spacial score (nSPS) is 11.8. The van der Waals surface area contributed by atoms with Crippen LogP contribution in [0.15, 0.2) is 67.0 Å². The zero-order valence-corrected chi connectivity index (χ0v) is 16.0. The summed E-state index contributed by atoms with van der Waals surface area (Å²) in [5.41, 5.74) is 2.86. The van der Waals surface area contributed by atoms with Crippen LogP contribution in [-0.2, 0) is 6.54 Å². The van der Waals surface area contributed by atoms with Gasteiger partial charge in [-0.25, -0.2) is 0 Å². The predicted molar refractivity (Wildman–Crippen MR) is 106 cm³/mol. The molecule has 140 valence electrons. The minimum absolute atomic E-state index is 0.0264. The van der Waals surface area contributed by atoms with Crippen LogP contribution >= 0.6 is 0 Å². The van der Waals surface area contributed by atoms with Gasteiger partial charge in [0.1, 0.15) is 5.75 Å². The van der Waals surface area contributed by atoms with E-state index in [1.165, 1.54) is 0 Å². The van der Waals surface area contributed by atoms with Gasteiger partial charge in [0, 0.05) is 24.5 Å². The summed E-state index contributed by atoms with van der Waals surface area (Å²) in [7, 11) is 1.65. The molecule has 1 aromatic heterocycles. The number of amides is 1. The summed E-state index contributed by atoms with van der Waals surface area (Å²) in [6.45, 7) is 5.37. The molecule has 3 rings (SSSR count). The van der Waals surface area contributed by atoms with Gasteiger partial charge >= 0.3 is 0 Å². The van der Waals surface area contributed by atoms with E-state index in [4.69, 9.17) is 4.74 Å². The lowest BCUT2D eigenvalue weighted by Crippen LogP contribution is -2.33. The Kier molecular flexibility index (Phi) is 5.91. The van der Waals surface area contributed by atoms with E-state index >= 15 is 0 Å². The molecule has 2 aromatic carbocycles. The van der Waals surface area contributed by atoms with Crippen LogP contribution < -0.4 is 4.74 Å². The molecule has 1 heterocycles. The highest BCUT2D eigenvalue weighted by Gasteiger charge is 2.21. The molecule has 5 heteroatoms. The number of nitrogens with zero attached hydrogens (tertiary/aromatic N) is 3. The number of rotatable bonds is 7. The SMILES string of the molecule is CCN(C(=O)c1ccc(Cn2cccn2)cc1)C(C)c1cccc(OC)c1. The van der Waals surface area contributed by atoms with Crippen molar-refractivity contribution in [2.24, 2.45) is 0 Å². The van der Waals surface area contributed by atoms with Crippen molar-refractivity contribution in [3.05, 3.63) is 83.7 Å². The fourth-order valence-corrected chi connectivity index (χ4v) is 3.17. The molecule has 1 amide bonds. The Balaban J connectivity index is 1.75. The third-order valence-corrected chi connectivity index (χ3v) is 4.75. The molecule has 1 unspecified atom stereocenters. The van der Waals surface area contributed by atoms with E-state index in [1.54, 1.807) is 13.3 Å². The zero-order chi connectivity index (χ0) is 19.2. The van der Waals surface area contributed by atoms with Gasteiger partial charge in [0.2, 0.25) is 0 Å². The van der Waals surface area contributed by atoms with Gasteiger partial charge in [-0.05, 0) is 55.3 Å². The Bertz CT molecular complexity index is 873. The summed E-state index contributed by atoms with van der Waals surface area (Å²) in [5, 5.41) is 4.21. The van der Waals surface area contributed by atoms with Crippen LogP contribution in [0, 0.1) is 0 Å². The molecule has 0 aliphatic carbocycles. The minimum atomic E-state index is -0.0404. The number of hydrogen-bond donors (Lipinski definition) is 0. The number of aromatic nitrogens is 2. The van der Waals surface area contributed by atoms with Crippen molar-refractivity contribution in [1.82, 2.24) is 14.7 Å². The molecular weight excluding hydrogens is 338 g/mol. The smallest absolute Gasteiger partial charge is 0.254 e. The third-order valence-electron chi connectivity index (χ3n) is 4.75. The van der Waals surface area contributed by atoms with E-state index in [0.29, 0.717) is 18.7 Å². The van der Waals surface area contributed by atoms with Crippen molar-refractivity contribution in [3.8, 4) is 5.75 Å². The number of carbonyl (C=O) groups excluding carboxylic acids is 1. The highest BCUT2D eigenvalue weighted by molar-refractivity contribution is 5.94. The first-order valence-electron chi connectivity index (χ1n) is 9.13. The number of carbonyl (C=O) groups is 1. The quantitative estimate of drug-likeness (QED) is 0.633. The Labute approximate surface area is 160 Å². The molecule has 0 aliphatic rings. The van der Waals surface area contributed by atoms with Crippen LogP contribution in [0.3, 0.4) is 0 Å². The fraction of sp³-hybridized carbons (Fsp3) is 0.273. The van der Waals surface area contributed by atoms with Crippen molar-refractivity contribution >= 4 is 5.91 Å². The number of benzene rings is 2. The van der Waals surface area contributed by atoms with E-state index in [9.17, 15) is 4.79 Å². The van der Waals surface area contributed by atoms with Crippen molar-refractivity contribution in [3.63, 3.8) is 0 Å². The summed E-state index contributed by atoms with van der Waals surface area (Å²) in [4.78, 5) is 14.9. The molecule has 0 spiro atoms. The highest BCUT2D eigenvalue weighted by Crippen LogP contribution is 2.25. The molecule has 0 saturated heterocycles. The van der Waals surface area contributed by atoms with Gasteiger partial charge in [-0.15, -0.1) is 0 Å². The second-order valence-corrected chi connectivity index (χ2v) is 6.44. The maximum absolute atomic E-state index is 13.1. The number of methoxy groups -OCH3 is 1. The minimum Gasteiger partial charge on any atom is -0.497 e. The lowest BCUT2D eigenvalue weighted by atomic mass is 10.0. The zero-order valence-electron chi connectivity index (χ0n) is 16.0. The van der Waals surface area contributed by atoms with Gasteiger partial charge < -0.3 is 9.64 Å². The third kappa shape index (κ3) is 4.37. The molecule has 0 N–H and O–H groups in total. The molecule has 0 saturated carbocycles. The van der Waals surface area contributed by atoms with Gasteiger partial charge in [0.25, 0.3) is 5.91 Å². The van der Waals surface area contributed by atoms with Crippen LogP contribution in [-0.4, -0.2) is 34.2 Å². The fourth-order valence-electron chi connectivity index (χ4n) is 3.17. The maximum Gasteiger partial charge on any atom is 0.254 e. The Hall–Kier alpha value is -3.08. The van der Waals surface area contributed by atoms with Gasteiger partial charge in [0.05, 0.1) is 19.7 Å². The van der Waals surface area contributed by atoms with E-state index in [-0.39, 0.29) is 11.9 Å². The molecule has 0 fully saturated rings. The first kappa shape index (κ1) is 18.7. The van der Waals surface area contributed by atoms with E-state index < -0.39 is 0 Å². The predicted octanol–water partition coefficient (Wildman–Crippen LogP) is 4.16. The molecule has 0 radical (unpaired) electrons. The molecule has 5 nitrogen and oxygen atoms in total. The molecule has 3 aromatic rings. The van der Waals surface area contributed by atoms with Gasteiger partial charge in [-0.2, -0.15) is 5.10 Å². The number of ether oxygens (including phenoxy) is 1. The number of hydrogen-bond acceptors (Lipinski definition) is 3. The van der Waals surface area contributed by atoms with Crippen LogP contribution in [0.2, 0.25) is 0 Å². The van der Waals surface area contributed by atoms with Gasteiger partial charge in [0.15, 0.2) is 0 Å². The summed E-state index contributed by atoms with van der Waals surface area (Å²) in [6.07, 6.45) is 3.69. The first-order valence-corrected chi connectivity index (χ1v) is 9.13. The van der Waals surface area contributed by atoms with Gasteiger partial charge in [-0.3, -0.25) is 9.48 Å². The molecule has 0 bridgehead atoms. The van der Waals surface area contributed by atoms with Crippen molar-refractivity contribution in [2.45, 2.75) is 26.4 Å². The molecule has 0 aliphatic heterocycles. The summed E-state index contributed by atoms with van der Waals surface area (Å²) in [5.74, 6) is 0.823. The molecular formula is C22H25N3O2. The van der Waals surface area contributed by atoms with Crippen molar-refractivity contribution < 1.29 is 9.53 Å². The van der Waals surface area contributed by atoms with Crippen LogP contribution in [0.1, 0.15) is 41.4 Å². The first-order chi connectivity index (χ1) is 13.1. The highest BCUT2D eigenvalue weighted by atomic mass is 16.5. The van der Waals surface area contributed by atoms with Crippen LogP contribution in [0.4, 0.5) is 0 Å². The second kappa shape index (κ2) is 8.54. The Morgan fingerprint density at radius 3 is 2.59 bits per heavy atom. The monoisotopic (exact) mass is 363 g/mol. The van der Waals surface area contributed by atoms with Crippen molar-refractivity contribution in [2.75, 3.05) is 13.7 Å². The summed E-state index contributed by atoms with van der Waals surface area (Å²) in [6, 6.07) is 17.5. The topological polar surface area (TPSA) is 47.4 Å². The standard InChI is InChI=1S/C22H25N3O2/c1-4-25(17(2)20-7-5-8-21(15-20)27-3)22(26)19-11-9-18(10-12-19)16-24-14-6-13-23-24/h5-15,17H,4,16H2,1-3H3. The lowest BCUT2D eigenvalue weighted by molar-refractivity contribution is 0.0702. The van der Waals surface area contributed by atoms with Crippen LogP contribution in [0.5, 0.6) is 5.75 Å². The average molecular weight is 363 g/mol. The Morgan fingerprint density at radius 2 is 1.96 bits per heavy atom. The second-order valence-electron chi connectivity index (χ2n) is 6.44. The lowest BCUT2D eigenvalue weighted by Gasteiger charge is -2.29. The summed E-state index contributed by atoms with van der Waals surface area (Å²) < 4.78 is 7.17.